The molecule has 0 saturated heterocycles. The summed E-state index contributed by atoms with van der Waals surface area (Å²) in [5, 5.41) is 3.21. The highest BCUT2D eigenvalue weighted by molar-refractivity contribution is 7.80. The van der Waals surface area contributed by atoms with Crippen LogP contribution >= 0.6 is 24.2 Å². The summed E-state index contributed by atoms with van der Waals surface area (Å²) in [5.41, 5.74) is 2.30. The van der Waals surface area contributed by atoms with Crippen LogP contribution in [0, 0.1) is 6.92 Å². The number of benzene rings is 1. The fraction of sp³-hybridized carbons (Fsp3) is 0.143. The smallest absolute Gasteiger partial charge is 0.253 e. The second kappa shape index (κ2) is 6.08. The van der Waals surface area contributed by atoms with E-state index in [2.05, 4.69) is 22.9 Å². The zero-order valence-corrected chi connectivity index (χ0v) is 12.0. The molecule has 1 amide bonds. The van der Waals surface area contributed by atoms with Gasteiger partial charge in [0.05, 0.1) is 22.8 Å². The molecule has 1 N–H and O–H groups in total. The number of aromatic nitrogens is 1. The average molecular weight is 293 g/mol. The number of halogens is 1. The Balaban J connectivity index is 2.10. The van der Waals surface area contributed by atoms with Crippen molar-refractivity contribution in [3.63, 3.8) is 0 Å². The van der Waals surface area contributed by atoms with E-state index in [0.29, 0.717) is 22.0 Å². The van der Waals surface area contributed by atoms with Gasteiger partial charge in [-0.25, -0.2) is 0 Å². The number of carbonyl (C=O) groups is 1. The lowest BCUT2D eigenvalue weighted by molar-refractivity contribution is 0.0950. The monoisotopic (exact) mass is 292 g/mol. The minimum Gasteiger partial charge on any atom is -0.346 e. The van der Waals surface area contributed by atoms with Crippen molar-refractivity contribution in [2.45, 2.75) is 18.4 Å². The van der Waals surface area contributed by atoms with Gasteiger partial charge in [-0.15, -0.1) is 12.6 Å². The van der Waals surface area contributed by atoms with E-state index in [0.717, 1.165) is 11.3 Å². The number of thiol groups is 1. The lowest BCUT2D eigenvalue weighted by atomic mass is 10.2. The van der Waals surface area contributed by atoms with Gasteiger partial charge in [0.15, 0.2) is 0 Å². The first-order valence-electron chi connectivity index (χ1n) is 5.75. The molecule has 0 radical (unpaired) electrons. The normalized spacial score (nSPS) is 10.3. The number of amides is 1. The van der Waals surface area contributed by atoms with Crippen LogP contribution in [0.2, 0.25) is 5.02 Å². The molecule has 98 valence electrons. The first-order chi connectivity index (χ1) is 9.08. The summed E-state index contributed by atoms with van der Waals surface area (Å²) in [4.78, 5) is 17.0. The van der Waals surface area contributed by atoms with Crippen molar-refractivity contribution in [2.24, 2.45) is 0 Å². The van der Waals surface area contributed by atoms with Crippen LogP contribution in [-0.2, 0) is 6.54 Å². The SMILES string of the molecule is Cc1cccnc1CNC(=O)c1cc(S)ccc1Cl. The topological polar surface area (TPSA) is 42.0 Å². The fourth-order valence-electron chi connectivity index (χ4n) is 1.65. The van der Waals surface area contributed by atoms with E-state index in [4.69, 9.17) is 11.6 Å². The third-order valence-electron chi connectivity index (χ3n) is 2.73. The second-order valence-corrected chi connectivity index (χ2v) is 5.04. The molecule has 0 aliphatic heterocycles. The molecule has 0 unspecified atom stereocenters. The maximum absolute atomic E-state index is 12.0. The van der Waals surface area contributed by atoms with E-state index in [1.807, 2.05) is 19.1 Å². The molecule has 1 aromatic heterocycles. The van der Waals surface area contributed by atoms with Crippen LogP contribution in [0.4, 0.5) is 0 Å². The predicted molar refractivity (Wildman–Crippen MR) is 78.8 cm³/mol. The van der Waals surface area contributed by atoms with Gasteiger partial charge >= 0.3 is 0 Å². The van der Waals surface area contributed by atoms with Crippen LogP contribution in [0.3, 0.4) is 0 Å². The Bertz CT molecular complexity index is 616. The largest absolute Gasteiger partial charge is 0.346 e. The Morgan fingerprint density at radius 3 is 2.95 bits per heavy atom. The zero-order chi connectivity index (χ0) is 13.8. The quantitative estimate of drug-likeness (QED) is 0.853. The van der Waals surface area contributed by atoms with Crippen molar-refractivity contribution in [2.75, 3.05) is 0 Å². The molecule has 0 atom stereocenters. The summed E-state index contributed by atoms with van der Waals surface area (Å²) < 4.78 is 0. The number of nitrogens with one attached hydrogen (secondary N) is 1. The molecule has 2 aromatic rings. The molecular weight excluding hydrogens is 280 g/mol. The van der Waals surface area contributed by atoms with Crippen molar-refractivity contribution >= 4 is 30.1 Å². The Morgan fingerprint density at radius 1 is 1.42 bits per heavy atom. The molecule has 0 aliphatic carbocycles. The molecule has 1 aromatic carbocycles. The summed E-state index contributed by atoms with van der Waals surface area (Å²) in [7, 11) is 0. The molecule has 2 rings (SSSR count). The third-order valence-corrected chi connectivity index (χ3v) is 3.34. The van der Waals surface area contributed by atoms with Crippen LogP contribution in [0.5, 0.6) is 0 Å². The number of hydrogen-bond donors (Lipinski definition) is 2. The van der Waals surface area contributed by atoms with E-state index in [-0.39, 0.29) is 5.91 Å². The van der Waals surface area contributed by atoms with Gasteiger partial charge in [0.25, 0.3) is 5.91 Å². The molecule has 19 heavy (non-hydrogen) atoms. The van der Waals surface area contributed by atoms with Crippen LogP contribution in [0.25, 0.3) is 0 Å². The van der Waals surface area contributed by atoms with Crippen molar-refractivity contribution in [1.82, 2.24) is 10.3 Å². The molecule has 0 aliphatic rings. The third kappa shape index (κ3) is 3.49. The highest BCUT2D eigenvalue weighted by Gasteiger charge is 2.11. The molecule has 1 heterocycles. The minimum atomic E-state index is -0.231. The maximum Gasteiger partial charge on any atom is 0.253 e. The second-order valence-electron chi connectivity index (χ2n) is 4.11. The summed E-state index contributed by atoms with van der Waals surface area (Å²) in [6, 6.07) is 8.86. The van der Waals surface area contributed by atoms with E-state index >= 15 is 0 Å². The van der Waals surface area contributed by atoms with Crippen molar-refractivity contribution < 1.29 is 4.79 Å². The van der Waals surface area contributed by atoms with Gasteiger partial charge in [-0.2, -0.15) is 0 Å². The van der Waals surface area contributed by atoms with Gasteiger partial charge in [0.1, 0.15) is 0 Å². The Labute approximate surface area is 122 Å². The average Bonchev–Trinajstić information content (AvgIpc) is 2.40. The van der Waals surface area contributed by atoms with Gasteiger partial charge in [0.2, 0.25) is 0 Å². The highest BCUT2D eigenvalue weighted by Crippen LogP contribution is 2.19. The van der Waals surface area contributed by atoms with Crippen molar-refractivity contribution in [1.29, 1.82) is 0 Å². The van der Waals surface area contributed by atoms with Gasteiger partial charge in [-0.1, -0.05) is 17.7 Å². The van der Waals surface area contributed by atoms with Crippen LogP contribution in [0.1, 0.15) is 21.6 Å². The van der Waals surface area contributed by atoms with E-state index in [1.165, 1.54) is 0 Å². The molecule has 5 heteroatoms. The number of rotatable bonds is 3. The molecule has 3 nitrogen and oxygen atoms in total. The fourth-order valence-corrected chi connectivity index (χ4v) is 2.06. The van der Waals surface area contributed by atoms with Crippen LogP contribution < -0.4 is 5.32 Å². The first-order valence-corrected chi connectivity index (χ1v) is 6.57. The number of aryl methyl sites for hydroxylation is 1. The van der Waals surface area contributed by atoms with Crippen LogP contribution in [-0.4, -0.2) is 10.9 Å². The number of hydrogen-bond acceptors (Lipinski definition) is 3. The van der Waals surface area contributed by atoms with Gasteiger partial charge in [-0.05, 0) is 36.8 Å². The minimum absolute atomic E-state index is 0.231. The van der Waals surface area contributed by atoms with Gasteiger partial charge in [-0.3, -0.25) is 9.78 Å². The van der Waals surface area contributed by atoms with Crippen molar-refractivity contribution in [3.8, 4) is 0 Å². The summed E-state index contributed by atoms with van der Waals surface area (Å²) in [5.74, 6) is -0.231. The van der Waals surface area contributed by atoms with E-state index in [1.54, 1.807) is 24.4 Å². The molecule has 0 fully saturated rings. The molecule has 0 saturated carbocycles. The van der Waals surface area contributed by atoms with Crippen LogP contribution in [0.15, 0.2) is 41.4 Å². The number of pyridine rings is 1. The maximum atomic E-state index is 12.0. The molecule has 0 spiro atoms. The summed E-state index contributed by atoms with van der Waals surface area (Å²) >= 11 is 10.2. The Kier molecular flexibility index (Phi) is 4.45. The summed E-state index contributed by atoms with van der Waals surface area (Å²) in [6.45, 7) is 2.33. The molecular formula is C14H13ClN2OS. The first kappa shape index (κ1) is 13.9. The number of nitrogens with zero attached hydrogens (tertiary/aromatic N) is 1. The standard InChI is InChI=1S/C14H13ClN2OS/c1-9-3-2-6-16-13(9)8-17-14(18)11-7-10(19)4-5-12(11)15/h2-7,19H,8H2,1H3,(H,17,18). The summed E-state index contributed by atoms with van der Waals surface area (Å²) in [6.07, 6.45) is 1.70. The highest BCUT2D eigenvalue weighted by atomic mass is 35.5. The number of carbonyl (C=O) groups excluding carboxylic acids is 1. The van der Waals surface area contributed by atoms with Gasteiger partial charge < -0.3 is 5.32 Å². The zero-order valence-electron chi connectivity index (χ0n) is 10.4. The predicted octanol–water partition coefficient (Wildman–Crippen LogP) is 3.26. The lowest BCUT2D eigenvalue weighted by Gasteiger charge is -2.08. The molecule has 0 bridgehead atoms. The van der Waals surface area contributed by atoms with Gasteiger partial charge in [0, 0.05) is 11.1 Å². The Morgan fingerprint density at radius 2 is 2.21 bits per heavy atom. The van der Waals surface area contributed by atoms with E-state index < -0.39 is 0 Å². The van der Waals surface area contributed by atoms with E-state index in [9.17, 15) is 4.79 Å². The Hall–Kier alpha value is -1.52. The van der Waals surface area contributed by atoms with Crippen molar-refractivity contribution in [3.05, 3.63) is 58.4 Å². The lowest BCUT2D eigenvalue weighted by Crippen LogP contribution is -2.24.